The molecule has 66 valence electrons. The summed E-state index contributed by atoms with van der Waals surface area (Å²) in [5.41, 5.74) is 0.293. The summed E-state index contributed by atoms with van der Waals surface area (Å²) in [5.74, 6) is 0. The van der Waals surface area contributed by atoms with Gasteiger partial charge in [-0.2, -0.15) is 0 Å². The smallest absolute Gasteiger partial charge is 0.229 e. The molecule has 0 aliphatic carbocycles. The first kappa shape index (κ1) is 9.21. The molecule has 0 amide bonds. The van der Waals surface area contributed by atoms with Gasteiger partial charge in [-0.15, -0.1) is 0 Å². The molecule has 0 fully saturated rings. The Kier molecular flexibility index (Phi) is 2.49. The maximum atomic E-state index is 10.7. The van der Waals surface area contributed by atoms with Crippen LogP contribution in [0.2, 0.25) is 5.28 Å². The fourth-order valence-corrected chi connectivity index (χ4v) is 1.21. The van der Waals surface area contributed by atoms with E-state index in [-0.39, 0.29) is 5.28 Å². The minimum atomic E-state index is -3.26. The van der Waals surface area contributed by atoms with Crippen molar-refractivity contribution in [3.05, 3.63) is 17.7 Å². The molecule has 0 bridgehead atoms. The zero-order chi connectivity index (χ0) is 9.19. The third kappa shape index (κ3) is 3.02. The summed E-state index contributed by atoms with van der Waals surface area (Å²) < 4.78 is 23.6. The monoisotopic (exact) mass is 207 g/mol. The van der Waals surface area contributed by atoms with E-state index < -0.39 is 10.0 Å². The Morgan fingerprint density at radius 1 is 1.42 bits per heavy atom. The van der Waals surface area contributed by atoms with Crippen molar-refractivity contribution in [3.63, 3.8) is 0 Å². The van der Waals surface area contributed by atoms with Crippen molar-refractivity contribution < 1.29 is 8.42 Å². The highest BCUT2D eigenvalue weighted by atomic mass is 35.5. The third-order valence-corrected chi connectivity index (χ3v) is 1.73. The van der Waals surface area contributed by atoms with Gasteiger partial charge < -0.3 is 0 Å². The quantitative estimate of drug-likeness (QED) is 0.717. The van der Waals surface area contributed by atoms with Crippen molar-refractivity contribution in [2.24, 2.45) is 0 Å². The van der Waals surface area contributed by atoms with Crippen LogP contribution in [0.4, 0.5) is 5.69 Å². The van der Waals surface area contributed by atoms with Gasteiger partial charge in [0.1, 0.15) is 0 Å². The molecule has 0 aliphatic heterocycles. The number of hydrogen-bond donors (Lipinski definition) is 1. The summed E-state index contributed by atoms with van der Waals surface area (Å²) in [6, 6.07) is 0. The molecule has 0 radical (unpaired) electrons. The lowest BCUT2D eigenvalue weighted by Gasteiger charge is -2.00. The van der Waals surface area contributed by atoms with Crippen LogP contribution in [0, 0.1) is 0 Å². The van der Waals surface area contributed by atoms with E-state index in [0.29, 0.717) is 5.69 Å². The lowest BCUT2D eigenvalue weighted by atomic mass is 10.6. The highest BCUT2D eigenvalue weighted by Gasteiger charge is 2.01. The van der Waals surface area contributed by atoms with E-state index in [2.05, 4.69) is 14.7 Å². The Hall–Kier alpha value is -0.880. The Morgan fingerprint density at radius 2 is 1.92 bits per heavy atom. The molecule has 0 spiro atoms. The van der Waals surface area contributed by atoms with Gasteiger partial charge in [0.25, 0.3) is 0 Å². The fraction of sp³-hybridized carbons (Fsp3) is 0.200. The first-order valence-electron chi connectivity index (χ1n) is 2.93. The normalized spacial score (nSPS) is 11.2. The first-order valence-corrected chi connectivity index (χ1v) is 5.20. The van der Waals surface area contributed by atoms with Crippen molar-refractivity contribution in [1.82, 2.24) is 9.97 Å². The Balaban J connectivity index is 2.85. The molecule has 0 saturated carbocycles. The minimum absolute atomic E-state index is 0.0778. The molecule has 1 heterocycles. The van der Waals surface area contributed by atoms with Gasteiger partial charge in [0.2, 0.25) is 15.3 Å². The van der Waals surface area contributed by atoms with E-state index in [9.17, 15) is 8.42 Å². The van der Waals surface area contributed by atoms with Crippen LogP contribution < -0.4 is 4.72 Å². The van der Waals surface area contributed by atoms with Gasteiger partial charge in [-0.25, -0.2) is 18.4 Å². The molecular formula is C5H6ClN3O2S. The van der Waals surface area contributed by atoms with Crippen molar-refractivity contribution in [2.75, 3.05) is 11.0 Å². The van der Waals surface area contributed by atoms with Gasteiger partial charge in [0.15, 0.2) is 0 Å². The number of hydrogen-bond acceptors (Lipinski definition) is 4. The van der Waals surface area contributed by atoms with Crippen molar-refractivity contribution in [1.29, 1.82) is 0 Å². The van der Waals surface area contributed by atoms with Crippen LogP contribution in [0.1, 0.15) is 0 Å². The van der Waals surface area contributed by atoms with Crippen LogP contribution in [-0.4, -0.2) is 24.6 Å². The average Bonchev–Trinajstić information content (AvgIpc) is 1.91. The average molecular weight is 208 g/mol. The van der Waals surface area contributed by atoms with Crippen LogP contribution in [0.5, 0.6) is 0 Å². The Bertz CT molecular complexity index is 361. The third-order valence-electron chi connectivity index (χ3n) is 0.924. The van der Waals surface area contributed by atoms with E-state index in [0.717, 1.165) is 6.26 Å². The number of nitrogens with one attached hydrogen (secondary N) is 1. The summed E-state index contributed by atoms with van der Waals surface area (Å²) in [7, 11) is -3.26. The molecule has 0 unspecified atom stereocenters. The van der Waals surface area contributed by atoms with E-state index in [4.69, 9.17) is 11.6 Å². The molecular weight excluding hydrogens is 202 g/mol. The van der Waals surface area contributed by atoms with Gasteiger partial charge in [0, 0.05) is 0 Å². The summed E-state index contributed by atoms with van der Waals surface area (Å²) in [6.45, 7) is 0. The highest BCUT2D eigenvalue weighted by Crippen LogP contribution is 2.06. The number of rotatable bonds is 2. The van der Waals surface area contributed by atoms with Gasteiger partial charge in [-0.3, -0.25) is 4.72 Å². The molecule has 1 aromatic rings. The van der Waals surface area contributed by atoms with Crippen molar-refractivity contribution in [3.8, 4) is 0 Å². The van der Waals surface area contributed by atoms with Crippen LogP contribution >= 0.6 is 11.6 Å². The topological polar surface area (TPSA) is 72.0 Å². The van der Waals surface area contributed by atoms with Crippen molar-refractivity contribution in [2.45, 2.75) is 0 Å². The lowest BCUT2D eigenvalue weighted by Crippen LogP contribution is -2.09. The number of halogens is 1. The first-order chi connectivity index (χ1) is 5.47. The van der Waals surface area contributed by atoms with E-state index in [1.165, 1.54) is 12.4 Å². The van der Waals surface area contributed by atoms with Crippen molar-refractivity contribution >= 4 is 27.3 Å². The van der Waals surface area contributed by atoms with E-state index >= 15 is 0 Å². The Labute approximate surface area is 74.8 Å². The number of sulfonamides is 1. The molecule has 0 saturated heterocycles. The maximum absolute atomic E-state index is 10.7. The second kappa shape index (κ2) is 3.24. The molecule has 7 heteroatoms. The largest absolute Gasteiger partial charge is 0.281 e. The molecule has 0 atom stereocenters. The summed E-state index contributed by atoms with van der Waals surface area (Å²) >= 11 is 5.38. The zero-order valence-electron chi connectivity index (χ0n) is 6.15. The lowest BCUT2D eigenvalue weighted by molar-refractivity contribution is 0.606. The SMILES string of the molecule is CS(=O)(=O)Nc1cnc(Cl)nc1. The maximum Gasteiger partial charge on any atom is 0.229 e. The molecule has 1 rings (SSSR count). The van der Waals surface area contributed by atoms with Gasteiger partial charge in [-0.1, -0.05) is 0 Å². The van der Waals surface area contributed by atoms with Crippen LogP contribution in [0.3, 0.4) is 0 Å². The Morgan fingerprint density at radius 3 is 2.33 bits per heavy atom. The second-order valence-corrected chi connectivity index (χ2v) is 4.20. The predicted octanol–water partition coefficient (Wildman–Crippen LogP) is 0.501. The molecule has 5 nitrogen and oxygen atoms in total. The summed E-state index contributed by atoms with van der Waals surface area (Å²) in [4.78, 5) is 7.18. The number of aromatic nitrogens is 2. The van der Waals surface area contributed by atoms with Gasteiger partial charge >= 0.3 is 0 Å². The highest BCUT2D eigenvalue weighted by molar-refractivity contribution is 7.92. The van der Waals surface area contributed by atoms with E-state index in [1.54, 1.807) is 0 Å². The van der Waals surface area contributed by atoms with Crippen LogP contribution in [0.25, 0.3) is 0 Å². The molecule has 0 aromatic carbocycles. The number of anilines is 1. The summed E-state index contributed by atoms with van der Waals surface area (Å²) in [6.07, 6.45) is 3.62. The molecule has 12 heavy (non-hydrogen) atoms. The van der Waals surface area contributed by atoms with E-state index in [1.807, 2.05) is 0 Å². The molecule has 1 aromatic heterocycles. The zero-order valence-corrected chi connectivity index (χ0v) is 7.72. The fourth-order valence-electron chi connectivity index (χ4n) is 0.579. The summed E-state index contributed by atoms with van der Waals surface area (Å²) in [5, 5.41) is 0.0778. The molecule has 1 N–H and O–H groups in total. The second-order valence-electron chi connectivity index (χ2n) is 2.11. The van der Waals surface area contributed by atoms with Crippen LogP contribution in [0.15, 0.2) is 12.4 Å². The number of nitrogens with zero attached hydrogens (tertiary/aromatic N) is 2. The molecule has 0 aliphatic rings. The minimum Gasteiger partial charge on any atom is -0.281 e. The predicted molar refractivity (Wildman–Crippen MR) is 45.5 cm³/mol. The standard InChI is InChI=1S/C5H6ClN3O2S/c1-12(10,11)9-4-2-7-5(6)8-3-4/h2-3,9H,1H3. The van der Waals surface area contributed by atoms with Gasteiger partial charge in [0.05, 0.1) is 24.3 Å². The van der Waals surface area contributed by atoms with Gasteiger partial charge in [-0.05, 0) is 11.6 Å². The van der Waals surface area contributed by atoms with Crippen LogP contribution in [-0.2, 0) is 10.0 Å².